The summed E-state index contributed by atoms with van der Waals surface area (Å²) in [4.78, 5) is 23.9. The van der Waals surface area contributed by atoms with Crippen molar-refractivity contribution in [1.29, 1.82) is 0 Å². The number of carboxylic acids is 1. The molecule has 0 aliphatic rings. The van der Waals surface area contributed by atoms with Crippen LogP contribution in [0.5, 0.6) is 11.5 Å². The van der Waals surface area contributed by atoms with Crippen molar-refractivity contribution in [3.8, 4) is 11.5 Å². The molecule has 0 fully saturated rings. The van der Waals surface area contributed by atoms with Crippen LogP contribution in [-0.4, -0.2) is 30.7 Å². The highest BCUT2D eigenvalue weighted by atomic mass is 32.1. The third kappa shape index (κ3) is 4.48. The molecule has 0 saturated carbocycles. The number of rotatable bonds is 8. The highest BCUT2D eigenvalue weighted by molar-refractivity contribution is 7.12. The molecule has 0 radical (unpaired) electrons. The van der Waals surface area contributed by atoms with Crippen LogP contribution in [0.4, 0.5) is 0 Å². The lowest BCUT2D eigenvalue weighted by Crippen LogP contribution is -2.29. The summed E-state index contributed by atoms with van der Waals surface area (Å²) in [7, 11) is 1.51. The number of benzene rings is 1. The lowest BCUT2D eigenvalue weighted by atomic mass is 10.0. The van der Waals surface area contributed by atoms with Crippen LogP contribution in [0, 0.1) is 0 Å². The smallest absolute Gasteiger partial charge is 0.305 e. The Morgan fingerprint density at radius 1 is 1.29 bits per heavy atom. The van der Waals surface area contributed by atoms with Crippen molar-refractivity contribution in [2.24, 2.45) is 0 Å². The number of ether oxygens (including phenoxy) is 2. The van der Waals surface area contributed by atoms with E-state index in [4.69, 9.17) is 14.6 Å². The van der Waals surface area contributed by atoms with Crippen molar-refractivity contribution < 1.29 is 24.2 Å². The second-order valence-electron chi connectivity index (χ2n) is 4.94. The number of aliphatic carboxylic acids is 1. The van der Waals surface area contributed by atoms with E-state index in [1.54, 1.807) is 35.7 Å². The minimum Gasteiger partial charge on any atom is -0.493 e. The number of methoxy groups -OCH3 is 1. The van der Waals surface area contributed by atoms with E-state index in [2.05, 4.69) is 5.32 Å². The SMILES string of the molecule is CCOc1ccc([C@H](CC(=O)O)NC(=O)c2cccs2)cc1OC. The Hall–Kier alpha value is -2.54. The van der Waals surface area contributed by atoms with Gasteiger partial charge in [0.05, 0.1) is 31.1 Å². The summed E-state index contributed by atoms with van der Waals surface area (Å²) >= 11 is 1.30. The van der Waals surface area contributed by atoms with E-state index < -0.39 is 12.0 Å². The molecule has 0 saturated heterocycles. The van der Waals surface area contributed by atoms with Gasteiger partial charge < -0.3 is 19.9 Å². The molecule has 1 aromatic carbocycles. The van der Waals surface area contributed by atoms with E-state index in [1.165, 1.54) is 18.4 Å². The lowest BCUT2D eigenvalue weighted by Gasteiger charge is -2.19. The molecular weight excluding hydrogens is 330 g/mol. The van der Waals surface area contributed by atoms with Crippen molar-refractivity contribution in [3.05, 3.63) is 46.2 Å². The monoisotopic (exact) mass is 349 g/mol. The first kappa shape index (κ1) is 17.8. The Morgan fingerprint density at radius 2 is 2.08 bits per heavy atom. The van der Waals surface area contributed by atoms with Crippen LogP contribution < -0.4 is 14.8 Å². The molecule has 2 rings (SSSR count). The average molecular weight is 349 g/mol. The quantitative estimate of drug-likeness (QED) is 0.765. The fraction of sp³-hybridized carbons (Fsp3) is 0.294. The zero-order valence-electron chi connectivity index (χ0n) is 13.4. The molecule has 6 nitrogen and oxygen atoms in total. The van der Waals surface area contributed by atoms with Crippen LogP contribution >= 0.6 is 11.3 Å². The first-order valence-corrected chi connectivity index (χ1v) is 8.30. The van der Waals surface area contributed by atoms with Crippen LogP contribution in [0.2, 0.25) is 0 Å². The summed E-state index contributed by atoms with van der Waals surface area (Å²) in [6, 6.07) is 7.93. The van der Waals surface area contributed by atoms with E-state index in [-0.39, 0.29) is 12.3 Å². The Bertz CT molecular complexity index is 699. The molecule has 1 atom stereocenters. The molecule has 24 heavy (non-hydrogen) atoms. The van der Waals surface area contributed by atoms with Crippen LogP contribution in [0.1, 0.15) is 34.6 Å². The zero-order chi connectivity index (χ0) is 17.5. The molecule has 1 heterocycles. The first-order chi connectivity index (χ1) is 11.5. The summed E-state index contributed by atoms with van der Waals surface area (Å²) in [5.41, 5.74) is 0.641. The minimum atomic E-state index is -1.00. The number of thiophene rings is 1. The van der Waals surface area contributed by atoms with Gasteiger partial charge in [0.1, 0.15) is 0 Å². The maximum atomic E-state index is 12.2. The summed E-state index contributed by atoms with van der Waals surface area (Å²) in [5.74, 6) is -0.235. The normalized spacial score (nSPS) is 11.6. The minimum absolute atomic E-state index is 0.228. The zero-order valence-corrected chi connectivity index (χ0v) is 14.3. The van der Waals surface area contributed by atoms with Gasteiger partial charge in [-0.1, -0.05) is 12.1 Å². The molecule has 1 amide bonds. The van der Waals surface area contributed by atoms with Gasteiger partial charge >= 0.3 is 5.97 Å². The van der Waals surface area contributed by atoms with Gasteiger partial charge in [0.25, 0.3) is 5.91 Å². The van der Waals surface area contributed by atoms with E-state index in [0.717, 1.165) is 0 Å². The molecule has 0 spiro atoms. The summed E-state index contributed by atoms with van der Waals surface area (Å²) in [6.07, 6.45) is -0.228. The van der Waals surface area contributed by atoms with Crippen molar-refractivity contribution in [2.45, 2.75) is 19.4 Å². The second kappa shape index (κ2) is 8.35. The van der Waals surface area contributed by atoms with Gasteiger partial charge in [-0.05, 0) is 36.1 Å². The Balaban J connectivity index is 2.26. The number of carboxylic acid groups (broad SMARTS) is 1. The third-order valence-corrected chi connectivity index (χ3v) is 4.19. The number of amides is 1. The van der Waals surface area contributed by atoms with Crippen molar-refractivity contribution in [2.75, 3.05) is 13.7 Å². The summed E-state index contributed by atoms with van der Waals surface area (Å²) in [5, 5.41) is 13.7. The molecule has 0 aliphatic carbocycles. The fourth-order valence-corrected chi connectivity index (χ4v) is 2.87. The predicted octanol–water partition coefficient (Wildman–Crippen LogP) is 3.10. The topological polar surface area (TPSA) is 84.9 Å². The Morgan fingerprint density at radius 3 is 2.67 bits per heavy atom. The lowest BCUT2D eigenvalue weighted by molar-refractivity contribution is -0.137. The van der Waals surface area contributed by atoms with Crippen LogP contribution in [0.15, 0.2) is 35.7 Å². The van der Waals surface area contributed by atoms with Crippen LogP contribution in [0.25, 0.3) is 0 Å². The molecule has 2 aromatic rings. The molecule has 7 heteroatoms. The van der Waals surface area contributed by atoms with Crippen molar-refractivity contribution in [3.63, 3.8) is 0 Å². The molecule has 0 unspecified atom stereocenters. The maximum Gasteiger partial charge on any atom is 0.305 e. The number of carbonyl (C=O) groups is 2. The summed E-state index contributed by atoms with van der Waals surface area (Å²) < 4.78 is 10.7. The van der Waals surface area contributed by atoms with Gasteiger partial charge in [-0.2, -0.15) is 0 Å². The van der Waals surface area contributed by atoms with Crippen molar-refractivity contribution >= 4 is 23.2 Å². The molecule has 0 aliphatic heterocycles. The van der Waals surface area contributed by atoms with E-state index in [0.29, 0.717) is 28.5 Å². The van der Waals surface area contributed by atoms with Crippen LogP contribution in [-0.2, 0) is 4.79 Å². The van der Waals surface area contributed by atoms with Gasteiger partial charge in [0, 0.05) is 0 Å². The molecule has 1 aromatic heterocycles. The summed E-state index contributed by atoms with van der Waals surface area (Å²) in [6.45, 7) is 2.35. The maximum absolute atomic E-state index is 12.2. The highest BCUT2D eigenvalue weighted by Gasteiger charge is 2.21. The van der Waals surface area contributed by atoms with Gasteiger partial charge in [-0.25, -0.2) is 0 Å². The largest absolute Gasteiger partial charge is 0.493 e. The van der Waals surface area contributed by atoms with Gasteiger partial charge in [0.2, 0.25) is 0 Å². The van der Waals surface area contributed by atoms with Gasteiger partial charge in [0.15, 0.2) is 11.5 Å². The number of carbonyl (C=O) groups excluding carboxylic acids is 1. The average Bonchev–Trinajstić information content (AvgIpc) is 3.09. The van der Waals surface area contributed by atoms with Gasteiger partial charge in [-0.3, -0.25) is 9.59 Å². The van der Waals surface area contributed by atoms with Crippen molar-refractivity contribution in [1.82, 2.24) is 5.32 Å². The standard InChI is InChI=1S/C17H19NO5S/c1-3-23-13-7-6-11(9-14(13)22-2)12(10-16(19)20)18-17(21)15-5-4-8-24-15/h4-9,12H,3,10H2,1-2H3,(H,18,21)(H,19,20)/t12-/m0/s1. The van der Waals surface area contributed by atoms with E-state index in [9.17, 15) is 9.59 Å². The number of hydrogen-bond donors (Lipinski definition) is 2. The van der Waals surface area contributed by atoms with E-state index >= 15 is 0 Å². The molecule has 128 valence electrons. The number of hydrogen-bond acceptors (Lipinski definition) is 5. The Kier molecular flexibility index (Phi) is 6.20. The first-order valence-electron chi connectivity index (χ1n) is 7.42. The molecule has 2 N–H and O–H groups in total. The second-order valence-corrected chi connectivity index (χ2v) is 5.89. The Labute approximate surface area is 144 Å². The van der Waals surface area contributed by atoms with E-state index in [1.807, 2.05) is 6.92 Å². The fourth-order valence-electron chi connectivity index (χ4n) is 2.24. The molecule has 0 bridgehead atoms. The van der Waals surface area contributed by atoms with Gasteiger partial charge in [-0.15, -0.1) is 11.3 Å². The number of nitrogens with one attached hydrogen (secondary N) is 1. The predicted molar refractivity (Wildman–Crippen MR) is 90.9 cm³/mol. The van der Waals surface area contributed by atoms with Crippen LogP contribution in [0.3, 0.4) is 0 Å². The molecular formula is C17H19NO5S. The highest BCUT2D eigenvalue weighted by Crippen LogP contribution is 2.31. The third-order valence-electron chi connectivity index (χ3n) is 3.32.